The first kappa shape index (κ1) is 13.4. The number of rotatable bonds is 5. The minimum atomic E-state index is 0.0392. The lowest BCUT2D eigenvalue weighted by Gasteiger charge is -2.26. The Hall–Kier alpha value is -0.0600. The summed E-state index contributed by atoms with van der Waals surface area (Å²) in [7, 11) is 0. The number of morpholine rings is 1. The fourth-order valence-corrected chi connectivity index (χ4v) is 2.71. The first-order valence-electron chi connectivity index (χ1n) is 6.99. The van der Waals surface area contributed by atoms with Gasteiger partial charge < -0.3 is 4.74 Å². The summed E-state index contributed by atoms with van der Waals surface area (Å²) in [4.78, 5) is 14.0. The number of nitrogens with zero attached hydrogens (tertiary/aromatic N) is 1. The highest BCUT2D eigenvalue weighted by atomic mass is 32.2. The summed E-state index contributed by atoms with van der Waals surface area (Å²) in [5, 5.41) is 0.280. The smallest absolute Gasteiger partial charge is 0.190 e. The summed E-state index contributed by atoms with van der Waals surface area (Å²) in [6, 6.07) is 0. The molecule has 1 aliphatic heterocycles. The van der Waals surface area contributed by atoms with Gasteiger partial charge in [-0.1, -0.05) is 32.5 Å². The van der Waals surface area contributed by atoms with E-state index >= 15 is 0 Å². The zero-order valence-electron chi connectivity index (χ0n) is 12.0. The number of carbonyl (C=O) groups excluding carboxylic acids is 1. The maximum atomic E-state index is 11.7. The summed E-state index contributed by atoms with van der Waals surface area (Å²) in [6.45, 7) is 8.93. The van der Waals surface area contributed by atoms with Crippen LogP contribution in [0, 0.1) is 5.41 Å². The minimum Gasteiger partial charge on any atom is -0.379 e. The van der Waals surface area contributed by atoms with Crippen LogP contribution < -0.4 is 0 Å². The van der Waals surface area contributed by atoms with Crippen molar-refractivity contribution in [2.24, 2.45) is 5.41 Å². The Kier molecular flexibility index (Phi) is 5.81. The largest absolute Gasteiger partial charge is 0.379 e. The van der Waals surface area contributed by atoms with Crippen LogP contribution in [0.15, 0.2) is 0 Å². The average molecular weight is 261 g/mol. The van der Waals surface area contributed by atoms with Crippen LogP contribution in [0.1, 0.15) is 35.0 Å². The summed E-state index contributed by atoms with van der Waals surface area (Å²) < 4.78 is 12.7. The Bertz CT molecular complexity index is 255. The molecule has 0 aromatic carbocycles. The van der Waals surface area contributed by atoms with E-state index in [-0.39, 0.29) is 10.5 Å². The van der Waals surface area contributed by atoms with Crippen LogP contribution in [0.5, 0.6) is 0 Å². The van der Waals surface area contributed by atoms with Crippen LogP contribution in [0.2, 0.25) is 0 Å². The molecule has 0 spiro atoms. The van der Waals surface area contributed by atoms with Gasteiger partial charge in [0.25, 0.3) is 0 Å². The number of hydrogen-bond acceptors (Lipinski definition) is 4. The van der Waals surface area contributed by atoms with E-state index in [4.69, 9.17) is 6.11 Å². The second-order valence-electron chi connectivity index (χ2n) is 5.34. The lowest BCUT2D eigenvalue weighted by atomic mass is 9.94. The van der Waals surface area contributed by atoms with Crippen molar-refractivity contribution < 1.29 is 10.9 Å². The third kappa shape index (κ3) is 7.79. The predicted octanol–water partition coefficient (Wildman–Crippen LogP) is 2.40. The van der Waals surface area contributed by atoms with Crippen LogP contribution in [0.4, 0.5) is 0 Å². The lowest BCUT2D eigenvalue weighted by molar-refractivity contribution is -0.111. The summed E-state index contributed by atoms with van der Waals surface area (Å²) in [5.41, 5.74) is 0.0392. The highest BCUT2D eigenvalue weighted by molar-refractivity contribution is 8.13. The van der Waals surface area contributed by atoms with E-state index in [2.05, 4.69) is 18.7 Å². The van der Waals surface area contributed by atoms with Crippen molar-refractivity contribution in [1.29, 1.82) is 0 Å². The molecule has 0 unspecified atom stereocenters. The van der Waals surface area contributed by atoms with Gasteiger partial charge >= 0.3 is 0 Å². The molecule has 0 N–H and O–H groups in total. The fourth-order valence-electron chi connectivity index (χ4n) is 1.59. The molecular weight excluding hydrogens is 234 g/mol. The highest BCUT2D eigenvalue weighted by Crippen LogP contribution is 2.22. The molecule has 17 heavy (non-hydrogen) atoms. The molecule has 4 heteroatoms. The van der Waals surface area contributed by atoms with Gasteiger partial charge in [-0.3, -0.25) is 9.69 Å². The van der Waals surface area contributed by atoms with E-state index < -0.39 is 0 Å². The molecule has 0 atom stereocenters. The van der Waals surface area contributed by atoms with Crippen molar-refractivity contribution in [3.05, 3.63) is 0 Å². The second-order valence-corrected chi connectivity index (χ2v) is 6.49. The number of ether oxygens (including phenoxy) is 1. The molecule has 1 aliphatic rings. The second kappa shape index (κ2) is 7.39. The molecule has 0 saturated carbocycles. The number of thioether (sulfide) groups is 1. The molecule has 0 aliphatic carbocycles. The van der Waals surface area contributed by atoms with E-state index in [1.807, 2.05) is 0 Å². The molecule has 0 amide bonds. The zero-order chi connectivity index (χ0) is 13.4. The average Bonchev–Trinajstić information content (AvgIpc) is 2.37. The van der Waals surface area contributed by atoms with Gasteiger partial charge in [0.05, 0.1) is 13.2 Å². The number of hydrogen-bond donors (Lipinski definition) is 0. The molecule has 0 aromatic rings. The van der Waals surface area contributed by atoms with Crippen molar-refractivity contribution in [3.8, 4) is 0 Å². The Morgan fingerprint density at radius 3 is 2.82 bits per heavy atom. The standard InChI is InChI=1S/C13H25NO2S/c1-13(2,3)5-11-17-12(15)4-6-14-7-9-16-10-8-14/h4-11H2,1-3H3/i1T. The van der Waals surface area contributed by atoms with E-state index in [0.29, 0.717) is 13.3 Å². The first-order valence-corrected chi connectivity index (χ1v) is 7.27. The molecular formula is C13H25NO2S. The van der Waals surface area contributed by atoms with Crippen molar-refractivity contribution in [1.82, 2.24) is 4.90 Å². The summed E-state index contributed by atoms with van der Waals surface area (Å²) >= 11 is 1.43. The SMILES string of the molecule is [3H]CC(C)(C)CCSC(=O)CCN1CCOCC1. The quantitative estimate of drug-likeness (QED) is 0.760. The predicted molar refractivity (Wildman–Crippen MR) is 73.4 cm³/mol. The van der Waals surface area contributed by atoms with E-state index in [9.17, 15) is 4.79 Å². The molecule has 1 fully saturated rings. The maximum Gasteiger partial charge on any atom is 0.190 e. The maximum absolute atomic E-state index is 11.7. The Morgan fingerprint density at radius 1 is 1.47 bits per heavy atom. The Morgan fingerprint density at radius 2 is 2.18 bits per heavy atom. The van der Waals surface area contributed by atoms with Crippen molar-refractivity contribution in [3.63, 3.8) is 0 Å². The van der Waals surface area contributed by atoms with Gasteiger partial charge in [-0.05, 0) is 11.8 Å². The molecule has 1 heterocycles. The van der Waals surface area contributed by atoms with Crippen molar-refractivity contribution in [2.75, 3.05) is 38.6 Å². The lowest BCUT2D eigenvalue weighted by Crippen LogP contribution is -2.37. The number of carbonyl (C=O) groups is 1. The topological polar surface area (TPSA) is 29.5 Å². The summed E-state index contributed by atoms with van der Waals surface area (Å²) in [5.74, 6) is 0.841. The first-order chi connectivity index (χ1) is 8.53. The van der Waals surface area contributed by atoms with Crippen LogP contribution in [0.25, 0.3) is 0 Å². The summed E-state index contributed by atoms with van der Waals surface area (Å²) in [6.07, 6.45) is 1.57. The van der Waals surface area contributed by atoms with E-state index in [1.165, 1.54) is 11.8 Å². The van der Waals surface area contributed by atoms with Gasteiger partial charge in [-0.15, -0.1) is 0 Å². The Labute approximate surface area is 111 Å². The molecule has 100 valence electrons. The third-order valence-electron chi connectivity index (χ3n) is 2.78. The monoisotopic (exact) mass is 261 g/mol. The molecule has 0 aromatic heterocycles. The van der Waals surface area contributed by atoms with E-state index in [0.717, 1.165) is 45.0 Å². The van der Waals surface area contributed by atoms with Gasteiger partial charge in [0.15, 0.2) is 5.12 Å². The van der Waals surface area contributed by atoms with Crippen molar-refractivity contribution >= 4 is 16.9 Å². The van der Waals surface area contributed by atoms with Crippen LogP contribution >= 0.6 is 11.8 Å². The third-order valence-corrected chi connectivity index (χ3v) is 3.71. The highest BCUT2D eigenvalue weighted by Gasteiger charge is 2.14. The zero-order valence-corrected chi connectivity index (χ0v) is 11.9. The van der Waals surface area contributed by atoms with Gasteiger partial charge in [0.2, 0.25) is 0 Å². The van der Waals surface area contributed by atoms with Gasteiger partial charge in [-0.25, -0.2) is 0 Å². The van der Waals surface area contributed by atoms with Gasteiger partial charge in [-0.2, -0.15) is 0 Å². The van der Waals surface area contributed by atoms with Crippen LogP contribution in [0.3, 0.4) is 0 Å². The molecule has 0 radical (unpaired) electrons. The van der Waals surface area contributed by atoms with Gasteiger partial charge in [0, 0.05) is 33.2 Å². The minimum absolute atomic E-state index is 0.0392. The Balaban J connectivity index is 2.06. The van der Waals surface area contributed by atoms with Crippen LogP contribution in [-0.4, -0.2) is 48.6 Å². The molecule has 3 nitrogen and oxygen atoms in total. The molecule has 0 bridgehead atoms. The molecule has 1 rings (SSSR count). The molecule has 1 saturated heterocycles. The van der Waals surface area contributed by atoms with Crippen LogP contribution in [-0.2, 0) is 9.53 Å². The van der Waals surface area contributed by atoms with E-state index in [1.54, 1.807) is 0 Å². The van der Waals surface area contributed by atoms with Crippen molar-refractivity contribution in [2.45, 2.75) is 33.6 Å². The fraction of sp³-hybridized carbons (Fsp3) is 0.923. The van der Waals surface area contributed by atoms with Gasteiger partial charge in [0.1, 0.15) is 0 Å². The normalized spacial score (nSPS) is 19.1.